The highest BCUT2D eigenvalue weighted by atomic mass is 32.1. The van der Waals surface area contributed by atoms with Gasteiger partial charge in [-0.05, 0) is 24.6 Å². The Morgan fingerprint density at radius 2 is 2.44 bits per heavy atom. The van der Waals surface area contributed by atoms with Crippen LogP contribution in [-0.2, 0) is 13.1 Å². The Bertz CT molecular complexity index is 413. The minimum Gasteiger partial charge on any atom is -0.314 e. The Morgan fingerprint density at radius 3 is 3.06 bits per heavy atom. The van der Waals surface area contributed by atoms with Crippen molar-refractivity contribution in [3.63, 3.8) is 0 Å². The van der Waals surface area contributed by atoms with Gasteiger partial charge in [0.1, 0.15) is 12.4 Å². The van der Waals surface area contributed by atoms with Crippen LogP contribution in [0.2, 0.25) is 0 Å². The normalized spacial score (nSPS) is 10.9. The summed E-state index contributed by atoms with van der Waals surface area (Å²) in [5, 5.41) is 9.48. The van der Waals surface area contributed by atoms with Gasteiger partial charge in [-0.3, -0.25) is 4.68 Å². The number of aryl methyl sites for hydroxylation is 1. The largest absolute Gasteiger partial charge is 0.314 e. The van der Waals surface area contributed by atoms with Crippen molar-refractivity contribution in [2.45, 2.75) is 13.1 Å². The van der Waals surface area contributed by atoms with Crippen LogP contribution in [0.15, 0.2) is 23.6 Å². The van der Waals surface area contributed by atoms with E-state index in [-0.39, 0.29) is 6.67 Å². The molecule has 0 saturated heterocycles. The summed E-state index contributed by atoms with van der Waals surface area (Å²) < 4.78 is 14.1. The van der Waals surface area contributed by atoms with Crippen LogP contribution in [0.4, 0.5) is 4.39 Å². The van der Waals surface area contributed by atoms with Crippen LogP contribution >= 0.6 is 11.3 Å². The summed E-state index contributed by atoms with van der Waals surface area (Å²) >= 11 is 1.64. The third kappa shape index (κ3) is 2.31. The van der Waals surface area contributed by atoms with Crippen LogP contribution in [0, 0.1) is 0 Å². The molecular weight excluding hydrogens is 225 g/mol. The molecule has 0 aliphatic carbocycles. The minimum absolute atomic E-state index is 0.322. The van der Waals surface area contributed by atoms with Crippen molar-refractivity contribution in [3.8, 4) is 10.6 Å². The summed E-state index contributed by atoms with van der Waals surface area (Å²) in [5.41, 5.74) is 1.94. The molecular formula is C11H14FN3S. The molecule has 0 aliphatic rings. The summed E-state index contributed by atoms with van der Waals surface area (Å²) in [6.45, 7) is 0.642. The molecule has 86 valence electrons. The zero-order chi connectivity index (χ0) is 11.4. The Morgan fingerprint density at radius 1 is 1.56 bits per heavy atom. The Kier molecular flexibility index (Phi) is 3.69. The van der Waals surface area contributed by atoms with Gasteiger partial charge in [-0.1, -0.05) is 6.07 Å². The molecule has 5 heteroatoms. The van der Waals surface area contributed by atoms with Gasteiger partial charge in [-0.2, -0.15) is 5.10 Å². The quantitative estimate of drug-likeness (QED) is 0.867. The fourth-order valence-corrected chi connectivity index (χ4v) is 2.28. The number of alkyl halides is 1. The van der Waals surface area contributed by atoms with E-state index in [2.05, 4.69) is 10.4 Å². The molecule has 0 atom stereocenters. The lowest BCUT2D eigenvalue weighted by Gasteiger charge is -2.03. The van der Waals surface area contributed by atoms with Crippen LogP contribution in [0.5, 0.6) is 0 Å². The first-order valence-electron chi connectivity index (χ1n) is 5.16. The number of hydrogen-bond donors (Lipinski definition) is 1. The fraction of sp³-hybridized carbons (Fsp3) is 0.364. The van der Waals surface area contributed by atoms with Crippen molar-refractivity contribution in [1.29, 1.82) is 0 Å². The van der Waals surface area contributed by atoms with E-state index < -0.39 is 0 Å². The van der Waals surface area contributed by atoms with E-state index in [1.54, 1.807) is 16.0 Å². The maximum absolute atomic E-state index is 12.4. The van der Waals surface area contributed by atoms with Gasteiger partial charge in [0.2, 0.25) is 0 Å². The van der Waals surface area contributed by atoms with Gasteiger partial charge in [-0.25, -0.2) is 4.39 Å². The molecule has 0 fully saturated rings. The van der Waals surface area contributed by atoms with E-state index in [9.17, 15) is 4.39 Å². The molecule has 0 unspecified atom stereocenters. The topological polar surface area (TPSA) is 29.9 Å². The van der Waals surface area contributed by atoms with Crippen molar-refractivity contribution in [2.75, 3.05) is 13.7 Å². The molecule has 0 saturated carbocycles. The number of thiophene rings is 1. The lowest BCUT2D eigenvalue weighted by molar-refractivity contribution is 0.419. The molecule has 2 aromatic heterocycles. The maximum Gasteiger partial charge on any atom is 0.109 e. The molecule has 1 N–H and O–H groups in total. The van der Waals surface area contributed by atoms with Crippen molar-refractivity contribution in [1.82, 2.24) is 15.1 Å². The fourth-order valence-electron chi connectivity index (χ4n) is 1.60. The molecule has 0 bridgehead atoms. The minimum atomic E-state index is -0.387. The molecule has 2 aromatic rings. The van der Waals surface area contributed by atoms with E-state index in [4.69, 9.17) is 0 Å². The van der Waals surface area contributed by atoms with E-state index in [0.29, 0.717) is 13.1 Å². The standard InChI is InChI=1S/C11H14FN3S/c1-13-8-9-7-10(11-3-2-6-16-11)14-15(9)5-4-12/h2-3,6-7,13H,4-5,8H2,1H3. The van der Waals surface area contributed by atoms with Crippen molar-refractivity contribution in [2.24, 2.45) is 0 Å². The second-order valence-corrected chi connectivity index (χ2v) is 4.39. The van der Waals surface area contributed by atoms with Gasteiger partial charge >= 0.3 is 0 Å². The van der Waals surface area contributed by atoms with Gasteiger partial charge in [0.05, 0.1) is 17.1 Å². The van der Waals surface area contributed by atoms with Crippen LogP contribution in [-0.4, -0.2) is 23.5 Å². The van der Waals surface area contributed by atoms with Crippen LogP contribution in [0.25, 0.3) is 10.6 Å². The SMILES string of the molecule is CNCc1cc(-c2cccs2)nn1CCF. The summed E-state index contributed by atoms with van der Waals surface area (Å²) in [6, 6.07) is 6.03. The number of rotatable bonds is 5. The van der Waals surface area contributed by atoms with E-state index in [1.807, 2.05) is 30.6 Å². The lowest BCUT2D eigenvalue weighted by atomic mass is 10.3. The number of hydrogen-bond acceptors (Lipinski definition) is 3. The third-order valence-corrected chi connectivity index (χ3v) is 3.18. The van der Waals surface area contributed by atoms with Gasteiger partial charge in [0, 0.05) is 6.54 Å². The van der Waals surface area contributed by atoms with Crippen LogP contribution in [0.3, 0.4) is 0 Å². The maximum atomic E-state index is 12.4. The lowest BCUT2D eigenvalue weighted by Crippen LogP contribution is -2.13. The van der Waals surface area contributed by atoms with Crippen molar-refractivity contribution in [3.05, 3.63) is 29.3 Å². The Labute approximate surface area is 97.9 Å². The van der Waals surface area contributed by atoms with E-state index in [1.165, 1.54) is 0 Å². The first kappa shape index (κ1) is 11.3. The molecule has 0 aliphatic heterocycles. The van der Waals surface area contributed by atoms with Gasteiger partial charge < -0.3 is 5.32 Å². The predicted molar refractivity (Wildman–Crippen MR) is 64.3 cm³/mol. The predicted octanol–water partition coefficient (Wildman–Crippen LogP) is 2.30. The number of halogens is 1. The average molecular weight is 239 g/mol. The summed E-state index contributed by atoms with van der Waals surface area (Å²) in [4.78, 5) is 1.12. The van der Waals surface area contributed by atoms with E-state index >= 15 is 0 Å². The Balaban J connectivity index is 2.30. The average Bonchev–Trinajstić information content (AvgIpc) is 2.89. The highest BCUT2D eigenvalue weighted by Gasteiger charge is 2.09. The van der Waals surface area contributed by atoms with Gasteiger partial charge in [0.25, 0.3) is 0 Å². The zero-order valence-electron chi connectivity index (χ0n) is 9.11. The van der Waals surface area contributed by atoms with Gasteiger partial charge in [-0.15, -0.1) is 11.3 Å². The second kappa shape index (κ2) is 5.23. The zero-order valence-corrected chi connectivity index (χ0v) is 9.93. The molecule has 3 nitrogen and oxygen atoms in total. The van der Waals surface area contributed by atoms with Crippen LogP contribution in [0.1, 0.15) is 5.69 Å². The summed E-state index contributed by atoms with van der Waals surface area (Å²) in [6.07, 6.45) is 0. The summed E-state index contributed by atoms with van der Waals surface area (Å²) in [5.74, 6) is 0. The molecule has 2 heterocycles. The molecule has 0 amide bonds. The Hall–Kier alpha value is -1.20. The number of nitrogens with one attached hydrogen (secondary N) is 1. The molecule has 2 rings (SSSR count). The third-order valence-electron chi connectivity index (χ3n) is 2.29. The summed E-state index contributed by atoms with van der Waals surface area (Å²) in [7, 11) is 1.87. The molecule has 0 spiro atoms. The molecule has 16 heavy (non-hydrogen) atoms. The highest BCUT2D eigenvalue weighted by Crippen LogP contribution is 2.24. The second-order valence-electron chi connectivity index (χ2n) is 3.44. The van der Waals surface area contributed by atoms with Crippen LogP contribution < -0.4 is 5.32 Å². The van der Waals surface area contributed by atoms with Crippen molar-refractivity contribution < 1.29 is 4.39 Å². The number of nitrogens with zero attached hydrogens (tertiary/aromatic N) is 2. The molecule has 0 radical (unpaired) electrons. The van der Waals surface area contributed by atoms with Gasteiger partial charge in [0.15, 0.2) is 0 Å². The number of aromatic nitrogens is 2. The molecule has 0 aromatic carbocycles. The van der Waals surface area contributed by atoms with E-state index in [0.717, 1.165) is 16.3 Å². The smallest absolute Gasteiger partial charge is 0.109 e. The first-order valence-corrected chi connectivity index (χ1v) is 6.04. The monoisotopic (exact) mass is 239 g/mol. The first-order chi connectivity index (χ1) is 7.85. The highest BCUT2D eigenvalue weighted by molar-refractivity contribution is 7.13. The van der Waals surface area contributed by atoms with Crippen molar-refractivity contribution >= 4 is 11.3 Å².